The van der Waals surface area contributed by atoms with Crippen LogP contribution in [0.25, 0.3) is 31.7 Å². The summed E-state index contributed by atoms with van der Waals surface area (Å²) < 4.78 is 85.2. The first-order chi connectivity index (χ1) is 47.0. The largest absolute Gasteiger partial charge is 0.479 e. The number of ether oxygens (including phenoxy) is 13. The van der Waals surface area contributed by atoms with E-state index >= 15 is 0 Å². The molecule has 1 N–H and O–H groups in total. The highest BCUT2D eigenvalue weighted by atomic mass is 16.8. The number of carbonyl (C=O) groups excluding carboxylic acids is 3. The van der Waals surface area contributed by atoms with E-state index in [1.165, 1.54) is 19.2 Å². The average Bonchev–Trinajstić information content (AvgIpc) is 0.842. The van der Waals surface area contributed by atoms with E-state index in [4.69, 9.17) is 61.6 Å². The molecule has 494 valence electrons. The number of carboxylic acid groups (broad SMARTS) is 1. The van der Waals surface area contributed by atoms with Crippen molar-refractivity contribution >= 4 is 34.6 Å². The third-order valence-corrected chi connectivity index (χ3v) is 16.3. The highest BCUT2D eigenvalue weighted by molar-refractivity contribution is 5.90. The van der Waals surface area contributed by atoms with Gasteiger partial charge in [0.2, 0.25) is 0 Å². The zero-order chi connectivity index (χ0) is 66.6. The quantitative estimate of drug-likeness (QED) is 0.0157. The van der Waals surface area contributed by atoms with Gasteiger partial charge in [-0.15, -0.1) is 0 Å². The minimum Gasteiger partial charge on any atom is -0.479 e. The molecule has 3 saturated heterocycles. The smallest absolute Gasteiger partial charge is 0.338 e. The molecular formula is C72H68N6O18. The van der Waals surface area contributed by atoms with Crippen molar-refractivity contribution in [3.05, 3.63) is 284 Å². The number of fused-ring (bicyclic) bond motifs is 1. The highest BCUT2D eigenvalue weighted by Crippen LogP contribution is 2.39. The summed E-state index contributed by atoms with van der Waals surface area (Å²) in [7, 11) is 1.31. The third-order valence-electron chi connectivity index (χ3n) is 16.3. The Bertz CT molecular complexity index is 3940. The fourth-order valence-corrected chi connectivity index (χ4v) is 11.6. The fraction of sp³-hybridized carbons (Fsp3) is 0.306. The first-order valence-corrected chi connectivity index (χ1v) is 30.9. The van der Waals surface area contributed by atoms with E-state index in [1.54, 1.807) is 133 Å². The van der Waals surface area contributed by atoms with Gasteiger partial charge in [-0.2, -0.15) is 0 Å². The molecule has 24 heteroatoms. The lowest BCUT2D eigenvalue weighted by Gasteiger charge is -2.50. The Morgan fingerprint density at radius 2 is 0.823 bits per heavy atom. The van der Waals surface area contributed by atoms with Gasteiger partial charge in [0.05, 0.1) is 43.1 Å². The normalized spacial score (nSPS) is 25.4. The van der Waals surface area contributed by atoms with Crippen LogP contribution in [-0.2, 0) is 92.8 Å². The Balaban J connectivity index is 1.01. The van der Waals surface area contributed by atoms with Crippen molar-refractivity contribution < 1.29 is 85.9 Å². The Labute approximate surface area is 551 Å². The number of methoxy groups -OCH3 is 1. The van der Waals surface area contributed by atoms with Crippen LogP contribution < -0.4 is 0 Å². The second kappa shape index (κ2) is 33.5. The summed E-state index contributed by atoms with van der Waals surface area (Å²) in [5.41, 5.74) is 23.8. The summed E-state index contributed by atoms with van der Waals surface area (Å²) >= 11 is 0. The van der Waals surface area contributed by atoms with Crippen LogP contribution >= 0.6 is 0 Å². The zero-order valence-corrected chi connectivity index (χ0v) is 51.8. The van der Waals surface area contributed by atoms with Crippen molar-refractivity contribution in [2.45, 2.75) is 118 Å². The Hall–Kier alpha value is -9.88. The van der Waals surface area contributed by atoms with E-state index in [1.807, 2.05) is 78.9 Å². The van der Waals surface area contributed by atoms with Crippen molar-refractivity contribution in [2.24, 2.45) is 10.2 Å². The number of hydrogen-bond donors (Lipinski definition) is 1. The maximum atomic E-state index is 14.8. The molecule has 3 fully saturated rings. The number of benzene rings is 8. The van der Waals surface area contributed by atoms with Crippen LogP contribution in [0.5, 0.6) is 0 Å². The third kappa shape index (κ3) is 17.1. The van der Waals surface area contributed by atoms with Crippen LogP contribution in [0.4, 0.5) is 0 Å². The minimum absolute atomic E-state index is 0.0399. The summed E-state index contributed by atoms with van der Waals surface area (Å²) in [6.07, 6.45) is -21.2. The van der Waals surface area contributed by atoms with Gasteiger partial charge in [0.15, 0.2) is 31.1 Å². The summed E-state index contributed by atoms with van der Waals surface area (Å²) in [5, 5.41) is 21.9. The van der Waals surface area contributed by atoms with Crippen LogP contribution in [0.3, 0.4) is 0 Å². The molecule has 24 nitrogen and oxygen atoms in total. The Morgan fingerprint density at radius 3 is 1.32 bits per heavy atom. The number of hydrogen-bond acceptors (Lipinski definition) is 19. The van der Waals surface area contributed by atoms with Crippen molar-refractivity contribution in [1.29, 1.82) is 0 Å². The van der Waals surface area contributed by atoms with E-state index < -0.39 is 129 Å². The number of esters is 3. The lowest BCUT2D eigenvalue weighted by molar-refractivity contribution is -0.367. The second-order valence-electron chi connectivity index (χ2n) is 22.6. The molecule has 3 heterocycles. The van der Waals surface area contributed by atoms with Gasteiger partial charge < -0.3 is 66.7 Å². The van der Waals surface area contributed by atoms with Gasteiger partial charge in [-0.25, -0.2) is 19.2 Å². The van der Waals surface area contributed by atoms with Gasteiger partial charge in [-0.1, -0.05) is 192 Å². The number of nitrogens with zero attached hydrogens (tertiary/aromatic N) is 6. The van der Waals surface area contributed by atoms with Crippen molar-refractivity contribution in [3.8, 4) is 0 Å². The molecule has 3 aliphatic heterocycles. The number of rotatable bonds is 28. The number of aliphatic carboxylic acids is 1. The maximum Gasteiger partial charge on any atom is 0.338 e. The van der Waals surface area contributed by atoms with Crippen LogP contribution in [0.2, 0.25) is 0 Å². The van der Waals surface area contributed by atoms with Gasteiger partial charge in [0, 0.05) is 16.9 Å². The molecule has 0 spiro atoms. The van der Waals surface area contributed by atoms with E-state index in [-0.39, 0.29) is 43.1 Å². The molecule has 0 radical (unpaired) electrons. The predicted octanol–water partition coefficient (Wildman–Crippen LogP) is 11.5. The number of carboxylic acids is 1. The van der Waals surface area contributed by atoms with Gasteiger partial charge in [-0.3, -0.25) is 0 Å². The molecule has 8 aromatic carbocycles. The number of carbonyl (C=O) groups is 4. The molecule has 11 rings (SSSR count). The first-order valence-electron chi connectivity index (χ1n) is 30.9. The second-order valence-corrected chi connectivity index (χ2v) is 22.6. The minimum atomic E-state index is -2.18. The monoisotopic (exact) mass is 1300 g/mol. The lowest BCUT2D eigenvalue weighted by atomic mass is 9.94. The van der Waals surface area contributed by atoms with Gasteiger partial charge in [0.1, 0.15) is 74.1 Å². The van der Waals surface area contributed by atoms with Gasteiger partial charge in [0.25, 0.3) is 0 Å². The highest BCUT2D eigenvalue weighted by Gasteiger charge is 2.59. The lowest BCUT2D eigenvalue weighted by Crippen LogP contribution is -2.68. The molecule has 15 atom stereocenters. The molecule has 0 aliphatic carbocycles. The fourth-order valence-electron chi connectivity index (χ4n) is 11.6. The summed E-state index contributed by atoms with van der Waals surface area (Å²) in [4.78, 5) is 63.2. The predicted molar refractivity (Wildman–Crippen MR) is 343 cm³/mol. The standard InChI is InChI=1S/C72H68N6O18/c1-84-70-56(75-77-73)61(87-40-46-24-10-3-11-25-46)59(55(91-70)44-90-68(82)51-31-16-6-17-32-51)94-72-65(93-69(83)52-33-18-7-19-34-52)62(88-41-47-26-12-4-13-27-47)63(64(96-72)66(79)80)95-71-57(76-78-74)60(86-39-45-22-8-2-9-23-45)58(54(92-71)43-89-67(81)50-29-14-5-15-30-50)85-42-48-36-37-49-28-20-21-35-53(49)38-48/h2-38,54-65,70-72H,39-44H2,1H3,(H,79,80)/t54-,55-,56-,57-,58-,59-,60-,61-,62+,63+,64-,65-,70+,71-,72-/m1/s1. The molecule has 8 aromatic rings. The van der Waals surface area contributed by atoms with Gasteiger partial charge >= 0.3 is 23.9 Å². The molecule has 0 bridgehead atoms. The molecule has 0 amide bonds. The van der Waals surface area contributed by atoms with E-state index in [0.717, 1.165) is 16.3 Å². The molecule has 0 aromatic heterocycles. The van der Waals surface area contributed by atoms with Crippen molar-refractivity contribution in [3.63, 3.8) is 0 Å². The van der Waals surface area contributed by atoms with Crippen LogP contribution in [0, 0.1) is 0 Å². The topological polar surface area (TPSA) is 306 Å². The van der Waals surface area contributed by atoms with Crippen molar-refractivity contribution in [2.75, 3.05) is 20.3 Å². The van der Waals surface area contributed by atoms with Crippen molar-refractivity contribution in [1.82, 2.24) is 0 Å². The first kappa shape index (κ1) is 67.5. The van der Waals surface area contributed by atoms with Crippen LogP contribution in [0.15, 0.2) is 235 Å². The Morgan fingerprint density at radius 1 is 0.417 bits per heavy atom. The molecule has 0 saturated carbocycles. The molecule has 96 heavy (non-hydrogen) atoms. The Kier molecular flexibility index (Phi) is 23.6. The summed E-state index contributed by atoms with van der Waals surface area (Å²) in [5.74, 6) is -4.11. The van der Waals surface area contributed by atoms with Crippen LogP contribution in [-0.4, -0.2) is 141 Å². The molecule has 0 unspecified atom stereocenters. The average molecular weight is 1310 g/mol. The zero-order valence-electron chi connectivity index (χ0n) is 51.8. The maximum absolute atomic E-state index is 14.8. The van der Waals surface area contributed by atoms with E-state index in [2.05, 4.69) is 20.1 Å². The summed E-state index contributed by atoms with van der Waals surface area (Å²) in [6.45, 7) is -1.66. The summed E-state index contributed by atoms with van der Waals surface area (Å²) in [6, 6.07) is 61.8. The molecular weight excluding hydrogens is 1240 g/mol. The van der Waals surface area contributed by atoms with E-state index in [0.29, 0.717) is 16.7 Å². The molecule has 3 aliphatic rings. The number of azide groups is 2. The van der Waals surface area contributed by atoms with Gasteiger partial charge in [-0.05, 0) is 86.6 Å². The van der Waals surface area contributed by atoms with E-state index in [9.17, 15) is 35.3 Å². The SMILES string of the molecule is CO[C@H]1O[C@H](COC(=O)c2ccccc2)[C@@H](O[C@@H]2O[C@@H](C(=O)O)[C@@H](O[C@H]3O[C@H](COC(=O)c4ccccc4)[C@@H](OCc4ccc5ccccc5c4)[C@H](OCc4ccccc4)[C@H]3N=[N+]=[N-])[C@H](OCc3ccccc3)[C@H]2OC(=O)c2ccccc2)[C@H](OCc2ccccc2)[C@H]1N=[N+]=[N-]. The van der Waals surface area contributed by atoms with Crippen LogP contribution in [0.1, 0.15) is 53.3 Å².